The molecule has 114 valence electrons. The molecule has 0 aliphatic heterocycles. The minimum Gasteiger partial charge on any atom is -0.496 e. The molecule has 0 spiro atoms. The monoisotopic (exact) mass is 308 g/mol. The minimum atomic E-state index is 0.0555. The van der Waals surface area contributed by atoms with Crippen molar-refractivity contribution in [1.29, 1.82) is 0 Å². The van der Waals surface area contributed by atoms with Gasteiger partial charge in [-0.3, -0.25) is 0 Å². The second kappa shape index (κ2) is 6.45. The Morgan fingerprint density at radius 2 is 2.10 bits per heavy atom. The number of rotatable bonds is 5. The van der Waals surface area contributed by atoms with Crippen LogP contribution in [0.2, 0.25) is 5.02 Å². The molecule has 6 heteroatoms. The zero-order valence-corrected chi connectivity index (χ0v) is 13.6. The van der Waals surface area contributed by atoms with Gasteiger partial charge in [0.1, 0.15) is 5.75 Å². The fourth-order valence-corrected chi connectivity index (χ4v) is 2.09. The Morgan fingerprint density at radius 3 is 2.76 bits per heavy atom. The number of nitrogens with one attached hydrogen (secondary N) is 1. The first-order valence-corrected chi connectivity index (χ1v) is 7.21. The van der Waals surface area contributed by atoms with Gasteiger partial charge < -0.3 is 10.1 Å². The minimum absolute atomic E-state index is 0.0555. The Hall–Kier alpha value is -1.59. The largest absolute Gasteiger partial charge is 0.496 e. The zero-order valence-electron chi connectivity index (χ0n) is 12.9. The van der Waals surface area contributed by atoms with Crippen molar-refractivity contribution in [3.8, 4) is 5.75 Å². The molecule has 21 heavy (non-hydrogen) atoms. The molecule has 0 aliphatic rings. The second-order valence-corrected chi connectivity index (χ2v) is 6.40. The van der Waals surface area contributed by atoms with Crippen LogP contribution in [0.4, 0.5) is 0 Å². The topological polar surface area (TPSA) is 52.0 Å². The summed E-state index contributed by atoms with van der Waals surface area (Å²) in [6, 6.07) is 5.55. The first-order valence-electron chi connectivity index (χ1n) is 6.84. The first-order chi connectivity index (χ1) is 9.87. The molecule has 0 unspecified atom stereocenters. The molecule has 1 N–H and O–H groups in total. The van der Waals surface area contributed by atoms with E-state index >= 15 is 0 Å². The molecule has 0 radical (unpaired) electrons. The third kappa shape index (κ3) is 4.72. The lowest BCUT2D eigenvalue weighted by Gasteiger charge is -2.19. The van der Waals surface area contributed by atoms with Crippen molar-refractivity contribution in [3.63, 3.8) is 0 Å². The van der Waals surface area contributed by atoms with Crippen molar-refractivity contribution in [2.45, 2.75) is 39.4 Å². The van der Waals surface area contributed by atoms with Gasteiger partial charge in [0.15, 0.2) is 0 Å². The lowest BCUT2D eigenvalue weighted by molar-refractivity contribution is 0.407. The average molecular weight is 309 g/mol. The van der Waals surface area contributed by atoms with Gasteiger partial charge in [0.05, 0.1) is 25.5 Å². The maximum Gasteiger partial charge on any atom is 0.124 e. The van der Waals surface area contributed by atoms with Crippen LogP contribution in [0.15, 0.2) is 24.4 Å². The van der Waals surface area contributed by atoms with Crippen LogP contribution in [-0.2, 0) is 13.1 Å². The Labute approximate surface area is 130 Å². The number of halogens is 1. The maximum absolute atomic E-state index is 6.03. The van der Waals surface area contributed by atoms with Crippen LogP contribution in [0, 0.1) is 0 Å². The number of benzene rings is 1. The van der Waals surface area contributed by atoms with E-state index in [2.05, 4.69) is 36.4 Å². The molecule has 2 rings (SSSR count). The molecule has 0 saturated heterocycles. The van der Waals surface area contributed by atoms with E-state index < -0.39 is 0 Å². The number of aromatic nitrogens is 3. The first kappa shape index (κ1) is 15.8. The molecule has 0 atom stereocenters. The molecule has 5 nitrogen and oxygen atoms in total. The molecular weight excluding hydrogens is 288 g/mol. The van der Waals surface area contributed by atoms with E-state index in [9.17, 15) is 0 Å². The van der Waals surface area contributed by atoms with Crippen LogP contribution in [0.25, 0.3) is 0 Å². The lowest BCUT2D eigenvalue weighted by atomic mass is 10.1. The molecule has 0 bridgehead atoms. The Morgan fingerprint density at radius 1 is 1.33 bits per heavy atom. The van der Waals surface area contributed by atoms with E-state index in [1.807, 2.05) is 24.4 Å². The SMILES string of the molecule is COc1ccc(Cl)cc1Cn1cc(CNC(C)(C)C)nn1. The van der Waals surface area contributed by atoms with Crippen molar-refractivity contribution in [2.75, 3.05) is 7.11 Å². The summed E-state index contributed by atoms with van der Waals surface area (Å²) < 4.78 is 7.12. The zero-order chi connectivity index (χ0) is 15.5. The van der Waals surface area contributed by atoms with E-state index in [-0.39, 0.29) is 5.54 Å². The van der Waals surface area contributed by atoms with E-state index in [0.717, 1.165) is 17.0 Å². The van der Waals surface area contributed by atoms with Crippen LogP contribution in [0.1, 0.15) is 32.0 Å². The number of nitrogens with zero attached hydrogens (tertiary/aromatic N) is 3. The summed E-state index contributed by atoms with van der Waals surface area (Å²) in [5.74, 6) is 0.796. The highest BCUT2D eigenvalue weighted by molar-refractivity contribution is 6.30. The standard InChI is InChI=1S/C15H21ClN4O/c1-15(2,3)17-8-13-10-20(19-18-13)9-11-7-12(16)5-6-14(11)21-4/h5-7,10,17H,8-9H2,1-4H3. The van der Waals surface area contributed by atoms with Gasteiger partial charge in [-0.25, -0.2) is 4.68 Å². The van der Waals surface area contributed by atoms with Gasteiger partial charge in [-0.15, -0.1) is 5.10 Å². The van der Waals surface area contributed by atoms with Gasteiger partial charge in [-0.2, -0.15) is 0 Å². The molecular formula is C15H21ClN4O. The molecule has 0 aliphatic carbocycles. The highest BCUT2D eigenvalue weighted by Gasteiger charge is 2.11. The van der Waals surface area contributed by atoms with Crippen LogP contribution in [0.5, 0.6) is 5.75 Å². The van der Waals surface area contributed by atoms with Crippen LogP contribution >= 0.6 is 11.6 Å². The highest BCUT2D eigenvalue weighted by Crippen LogP contribution is 2.23. The van der Waals surface area contributed by atoms with Gasteiger partial charge in [0.25, 0.3) is 0 Å². The highest BCUT2D eigenvalue weighted by atomic mass is 35.5. The predicted octanol–water partition coefficient (Wildman–Crippen LogP) is 2.88. The molecule has 1 heterocycles. The summed E-state index contributed by atoms with van der Waals surface area (Å²) >= 11 is 6.03. The second-order valence-electron chi connectivity index (χ2n) is 5.97. The quantitative estimate of drug-likeness (QED) is 0.923. The normalized spacial score (nSPS) is 11.7. The van der Waals surface area contributed by atoms with Crippen molar-refractivity contribution < 1.29 is 4.74 Å². The third-order valence-electron chi connectivity index (χ3n) is 2.96. The number of hydrogen-bond donors (Lipinski definition) is 1. The van der Waals surface area contributed by atoms with Crippen molar-refractivity contribution in [2.24, 2.45) is 0 Å². The lowest BCUT2D eigenvalue weighted by Crippen LogP contribution is -2.35. The van der Waals surface area contributed by atoms with Gasteiger partial charge in [-0.1, -0.05) is 16.8 Å². The summed E-state index contributed by atoms with van der Waals surface area (Å²) in [6.07, 6.45) is 1.93. The Balaban J connectivity index is 2.07. The van der Waals surface area contributed by atoms with Gasteiger partial charge in [-0.05, 0) is 39.0 Å². The van der Waals surface area contributed by atoms with Crippen molar-refractivity contribution in [1.82, 2.24) is 20.3 Å². The number of ether oxygens (including phenoxy) is 1. The van der Waals surface area contributed by atoms with Crippen molar-refractivity contribution in [3.05, 3.63) is 40.7 Å². The summed E-state index contributed by atoms with van der Waals surface area (Å²) in [5, 5.41) is 12.4. The van der Waals surface area contributed by atoms with Gasteiger partial charge in [0, 0.05) is 22.7 Å². The third-order valence-corrected chi connectivity index (χ3v) is 3.20. The average Bonchev–Trinajstić information content (AvgIpc) is 2.84. The van der Waals surface area contributed by atoms with Crippen LogP contribution in [0.3, 0.4) is 0 Å². The molecule has 0 amide bonds. The Kier molecular flexibility index (Phi) is 4.85. The van der Waals surface area contributed by atoms with E-state index in [0.29, 0.717) is 18.1 Å². The Bertz CT molecular complexity index is 604. The summed E-state index contributed by atoms with van der Waals surface area (Å²) in [5.41, 5.74) is 1.94. The molecule has 1 aromatic heterocycles. The van der Waals surface area contributed by atoms with Crippen LogP contribution < -0.4 is 10.1 Å². The van der Waals surface area contributed by atoms with E-state index in [1.165, 1.54) is 0 Å². The van der Waals surface area contributed by atoms with E-state index in [4.69, 9.17) is 16.3 Å². The maximum atomic E-state index is 6.03. The smallest absolute Gasteiger partial charge is 0.124 e. The molecule has 0 saturated carbocycles. The van der Waals surface area contributed by atoms with Gasteiger partial charge in [0.2, 0.25) is 0 Å². The fourth-order valence-electron chi connectivity index (χ4n) is 1.90. The molecule has 1 aromatic carbocycles. The summed E-state index contributed by atoms with van der Waals surface area (Å²) in [4.78, 5) is 0. The summed E-state index contributed by atoms with van der Waals surface area (Å²) in [7, 11) is 1.65. The molecule has 2 aromatic rings. The summed E-state index contributed by atoms with van der Waals surface area (Å²) in [6.45, 7) is 7.62. The van der Waals surface area contributed by atoms with E-state index in [1.54, 1.807) is 11.8 Å². The van der Waals surface area contributed by atoms with Gasteiger partial charge >= 0.3 is 0 Å². The fraction of sp³-hybridized carbons (Fsp3) is 0.467. The van der Waals surface area contributed by atoms with Crippen molar-refractivity contribution >= 4 is 11.6 Å². The number of methoxy groups -OCH3 is 1. The van der Waals surface area contributed by atoms with Crippen LogP contribution in [-0.4, -0.2) is 27.6 Å². The predicted molar refractivity (Wildman–Crippen MR) is 83.7 cm³/mol. The molecule has 0 fully saturated rings. The number of hydrogen-bond acceptors (Lipinski definition) is 4.